The number of carboxylic acids is 1. The van der Waals surface area contributed by atoms with Crippen molar-refractivity contribution in [3.63, 3.8) is 0 Å². The van der Waals surface area contributed by atoms with Crippen molar-refractivity contribution in [3.8, 4) is 0 Å². The van der Waals surface area contributed by atoms with Crippen molar-refractivity contribution < 1.29 is 19.5 Å². The lowest BCUT2D eigenvalue weighted by Gasteiger charge is -2.48. The van der Waals surface area contributed by atoms with E-state index in [-0.39, 0.29) is 42.1 Å². The van der Waals surface area contributed by atoms with Crippen LogP contribution in [0, 0.1) is 11.8 Å². The minimum atomic E-state index is -0.825. The smallest absolute Gasteiger partial charge is 0.303 e. The number of nitrogens with one attached hydrogen (secondary N) is 1. The van der Waals surface area contributed by atoms with E-state index in [4.69, 9.17) is 16.6 Å². The molecule has 0 aromatic carbocycles. The molecule has 2 amide bonds. The fourth-order valence-electron chi connectivity index (χ4n) is 3.56. The Hall–Kier alpha value is -2.32. The molecule has 140 valence electrons. The Labute approximate surface area is 146 Å². The van der Waals surface area contributed by atoms with Gasteiger partial charge < -0.3 is 26.8 Å². The summed E-state index contributed by atoms with van der Waals surface area (Å²) in [6.45, 7) is 1.56. The third-order valence-corrected chi connectivity index (χ3v) is 4.96. The zero-order valence-corrected chi connectivity index (χ0v) is 14.3. The summed E-state index contributed by atoms with van der Waals surface area (Å²) >= 11 is 0. The van der Waals surface area contributed by atoms with E-state index in [1.807, 2.05) is 0 Å². The summed E-state index contributed by atoms with van der Waals surface area (Å²) in [7, 11) is 0. The van der Waals surface area contributed by atoms with E-state index in [0.29, 0.717) is 51.7 Å². The summed E-state index contributed by atoms with van der Waals surface area (Å²) in [4.78, 5) is 40.9. The van der Waals surface area contributed by atoms with E-state index >= 15 is 0 Å². The predicted molar refractivity (Wildman–Crippen MR) is 91.5 cm³/mol. The van der Waals surface area contributed by atoms with Gasteiger partial charge in [-0.15, -0.1) is 0 Å². The van der Waals surface area contributed by atoms with Gasteiger partial charge in [0.15, 0.2) is 5.96 Å². The van der Waals surface area contributed by atoms with E-state index in [1.54, 1.807) is 4.90 Å². The highest BCUT2D eigenvalue weighted by Gasteiger charge is 2.45. The number of nitrogens with two attached hydrogens (primary N) is 2. The molecular weight excluding hydrogens is 326 g/mol. The van der Waals surface area contributed by atoms with Crippen LogP contribution in [0.1, 0.15) is 38.5 Å². The maximum absolute atomic E-state index is 12.4. The first-order valence-corrected chi connectivity index (χ1v) is 8.73. The molecule has 0 spiro atoms. The third kappa shape index (κ3) is 5.33. The van der Waals surface area contributed by atoms with Crippen molar-refractivity contribution in [3.05, 3.63) is 0 Å². The number of rotatable bonds is 8. The van der Waals surface area contributed by atoms with E-state index in [9.17, 15) is 14.4 Å². The van der Waals surface area contributed by atoms with Gasteiger partial charge in [-0.3, -0.25) is 19.4 Å². The van der Waals surface area contributed by atoms with E-state index in [1.165, 1.54) is 0 Å². The molecule has 0 aromatic rings. The Kier molecular flexibility index (Phi) is 6.60. The Morgan fingerprint density at radius 3 is 2.80 bits per heavy atom. The molecule has 0 aromatic heterocycles. The molecule has 2 heterocycles. The van der Waals surface area contributed by atoms with E-state index in [0.717, 1.165) is 0 Å². The fraction of sp³-hybridized carbons (Fsp3) is 0.750. The van der Waals surface area contributed by atoms with Crippen LogP contribution in [0.2, 0.25) is 0 Å². The van der Waals surface area contributed by atoms with Gasteiger partial charge in [0.1, 0.15) is 0 Å². The molecule has 2 aliphatic rings. The Morgan fingerprint density at radius 2 is 2.12 bits per heavy atom. The predicted octanol–water partition coefficient (Wildman–Crippen LogP) is -0.742. The lowest BCUT2D eigenvalue weighted by atomic mass is 9.80. The highest BCUT2D eigenvalue weighted by atomic mass is 16.4. The highest BCUT2D eigenvalue weighted by molar-refractivity contribution is 5.82. The van der Waals surface area contributed by atoms with Gasteiger partial charge in [-0.05, 0) is 31.6 Å². The summed E-state index contributed by atoms with van der Waals surface area (Å²) < 4.78 is 0. The zero-order valence-electron chi connectivity index (χ0n) is 14.3. The summed E-state index contributed by atoms with van der Waals surface area (Å²) in [5, 5.41) is 11.7. The molecule has 2 rings (SSSR count). The molecule has 3 atom stereocenters. The highest BCUT2D eigenvalue weighted by Crippen LogP contribution is 2.37. The molecule has 0 bridgehead atoms. The Balaban J connectivity index is 1.82. The summed E-state index contributed by atoms with van der Waals surface area (Å²) in [5.74, 6) is -0.813. The van der Waals surface area contributed by atoms with Gasteiger partial charge in [0.05, 0.1) is 0 Å². The monoisotopic (exact) mass is 353 g/mol. The normalized spacial score (nSPS) is 25.4. The van der Waals surface area contributed by atoms with Crippen molar-refractivity contribution in [2.45, 2.75) is 44.6 Å². The summed E-state index contributed by atoms with van der Waals surface area (Å²) in [6.07, 6.45) is 2.81. The standard InChI is InChI=1S/C16H27N5O4/c17-16(18)20-7-1-6-19-15(25)10-2-4-13(22)21-9-11(12(21)8-10)3-5-14(23)24/h10-12H,1-9H2,(H,19,25)(H,23,24)(H4,17,18,20)/t10-,11+,12-/m1/s1. The maximum atomic E-state index is 12.4. The van der Waals surface area contributed by atoms with Gasteiger partial charge in [-0.25, -0.2) is 0 Å². The van der Waals surface area contributed by atoms with Crippen molar-refractivity contribution in [2.75, 3.05) is 19.6 Å². The molecule has 0 saturated carbocycles. The average molecular weight is 353 g/mol. The van der Waals surface area contributed by atoms with Gasteiger partial charge in [-0.2, -0.15) is 0 Å². The molecule has 25 heavy (non-hydrogen) atoms. The number of guanidine groups is 1. The van der Waals surface area contributed by atoms with Gasteiger partial charge in [0, 0.05) is 44.4 Å². The molecule has 2 fully saturated rings. The van der Waals surface area contributed by atoms with Crippen LogP contribution < -0.4 is 16.8 Å². The number of carboxylic acid groups (broad SMARTS) is 1. The third-order valence-electron chi connectivity index (χ3n) is 4.96. The van der Waals surface area contributed by atoms with Crippen LogP contribution in [0.25, 0.3) is 0 Å². The summed E-state index contributed by atoms with van der Waals surface area (Å²) in [5.41, 5.74) is 10.5. The number of carbonyl (C=O) groups is 3. The largest absolute Gasteiger partial charge is 0.481 e. The molecule has 9 nitrogen and oxygen atoms in total. The topological polar surface area (TPSA) is 151 Å². The molecule has 2 aliphatic heterocycles. The second kappa shape index (κ2) is 8.68. The van der Waals surface area contributed by atoms with Crippen LogP contribution in [-0.4, -0.2) is 59.4 Å². The van der Waals surface area contributed by atoms with Crippen LogP contribution in [-0.2, 0) is 14.4 Å². The first kappa shape index (κ1) is 19.0. The van der Waals surface area contributed by atoms with Gasteiger partial charge in [0.2, 0.25) is 11.8 Å². The van der Waals surface area contributed by atoms with Gasteiger partial charge in [0.25, 0.3) is 0 Å². The SMILES string of the molecule is NC(N)=NCCCNC(=O)[C@@H]1CCC(=O)N2C[C@H](CCC(=O)O)[C@H]2C1. The van der Waals surface area contributed by atoms with Gasteiger partial charge in [-0.1, -0.05) is 0 Å². The molecule has 9 heteroatoms. The van der Waals surface area contributed by atoms with Crippen molar-refractivity contribution in [2.24, 2.45) is 28.3 Å². The van der Waals surface area contributed by atoms with Crippen molar-refractivity contribution in [1.82, 2.24) is 10.2 Å². The zero-order chi connectivity index (χ0) is 18.4. The van der Waals surface area contributed by atoms with E-state index < -0.39 is 5.97 Å². The number of fused-ring (bicyclic) bond motifs is 1. The number of hydrogen-bond acceptors (Lipinski definition) is 4. The second-order valence-electron chi connectivity index (χ2n) is 6.73. The number of aliphatic carboxylic acids is 1. The molecule has 6 N–H and O–H groups in total. The molecule has 0 aliphatic carbocycles. The number of aliphatic imine (C=N–C) groups is 1. The Morgan fingerprint density at radius 1 is 1.36 bits per heavy atom. The lowest BCUT2D eigenvalue weighted by Crippen LogP contribution is -2.58. The first-order chi connectivity index (χ1) is 11.9. The average Bonchev–Trinajstić information content (AvgIpc) is 2.64. The van der Waals surface area contributed by atoms with Crippen molar-refractivity contribution in [1.29, 1.82) is 0 Å². The number of amides is 2. The number of hydrogen-bond donors (Lipinski definition) is 4. The quantitative estimate of drug-likeness (QED) is 0.256. The van der Waals surface area contributed by atoms with Crippen LogP contribution in [0.4, 0.5) is 0 Å². The van der Waals surface area contributed by atoms with Crippen molar-refractivity contribution >= 4 is 23.7 Å². The maximum Gasteiger partial charge on any atom is 0.303 e. The Bertz CT molecular complexity index is 547. The second-order valence-corrected chi connectivity index (χ2v) is 6.73. The lowest BCUT2D eigenvalue weighted by molar-refractivity contribution is -0.144. The molecule has 0 unspecified atom stereocenters. The number of nitrogens with zero attached hydrogens (tertiary/aromatic N) is 2. The fourth-order valence-corrected chi connectivity index (χ4v) is 3.56. The molecule has 2 saturated heterocycles. The summed E-state index contributed by atoms with van der Waals surface area (Å²) in [6, 6.07) is -0.00765. The van der Waals surface area contributed by atoms with Crippen LogP contribution in [0.5, 0.6) is 0 Å². The van der Waals surface area contributed by atoms with Crippen LogP contribution in [0.15, 0.2) is 4.99 Å². The molecular formula is C16H27N5O4. The minimum Gasteiger partial charge on any atom is -0.481 e. The first-order valence-electron chi connectivity index (χ1n) is 8.73. The molecule has 0 radical (unpaired) electrons. The van der Waals surface area contributed by atoms with Gasteiger partial charge >= 0.3 is 5.97 Å². The van der Waals surface area contributed by atoms with Crippen LogP contribution in [0.3, 0.4) is 0 Å². The van der Waals surface area contributed by atoms with E-state index in [2.05, 4.69) is 10.3 Å². The van der Waals surface area contributed by atoms with Crippen LogP contribution >= 0.6 is 0 Å². The minimum absolute atomic E-state index is 0.00765. The number of carbonyl (C=O) groups excluding carboxylic acids is 2.